The summed E-state index contributed by atoms with van der Waals surface area (Å²) in [6, 6.07) is 6.99. The molecular weight excluding hydrogens is 392 g/mol. The second kappa shape index (κ2) is 12.1. The highest BCUT2D eigenvalue weighted by molar-refractivity contribution is 7.89. The van der Waals surface area contributed by atoms with Gasteiger partial charge in [-0.3, -0.25) is 4.99 Å². The van der Waals surface area contributed by atoms with E-state index in [1.54, 1.807) is 25.2 Å². The molecule has 164 valence electrons. The molecule has 0 saturated carbocycles. The molecule has 0 unspecified atom stereocenters. The summed E-state index contributed by atoms with van der Waals surface area (Å²) in [5.74, 6) is 1.25. The second-order valence-corrected chi connectivity index (χ2v) is 9.35. The van der Waals surface area contributed by atoms with Gasteiger partial charge in [-0.25, -0.2) is 12.7 Å². The first-order valence-electron chi connectivity index (χ1n) is 10.1. The van der Waals surface area contributed by atoms with Crippen LogP contribution in [0.15, 0.2) is 34.2 Å². The lowest BCUT2D eigenvalue weighted by molar-refractivity contribution is 0.0203. The summed E-state index contributed by atoms with van der Waals surface area (Å²) in [6.07, 6.45) is 3.04. The number of aliphatic imine (C=N–C) groups is 1. The van der Waals surface area contributed by atoms with Crippen LogP contribution in [0.3, 0.4) is 0 Å². The largest absolute Gasteiger partial charge is 0.381 e. The number of hydrogen-bond acceptors (Lipinski definition) is 5. The Labute approximate surface area is 174 Å². The first-order chi connectivity index (χ1) is 13.9. The number of sulfonamides is 1. The van der Waals surface area contributed by atoms with Crippen molar-refractivity contribution in [2.45, 2.75) is 30.7 Å². The normalized spacial score (nSPS) is 16.2. The van der Waals surface area contributed by atoms with Gasteiger partial charge < -0.3 is 20.1 Å². The fourth-order valence-electron chi connectivity index (χ4n) is 3.04. The van der Waals surface area contributed by atoms with Crippen LogP contribution in [0.1, 0.15) is 24.8 Å². The van der Waals surface area contributed by atoms with Crippen molar-refractivity contribution in [3.63, 3.8) is 0 Å². The van der Waals surface area contributed by atoms with E-state index in [0.29, 0.717) is 35.5 Å². The number of ether oxygens (including phenoxy) is 2. The number of guanidine groups is 1. The Bertz CT molecular complexity index is 747. The SMILES string of the molecule is CN=C(NCCCOCC1CCOCC1)NCc1ccccc1S(=O)(=O)N(C)C. The Hall–Kier alpha value is -1.68. The standard InChI is InChI=1S/C20H34N4O4S/c1-21-20(22-11-6-12-28-16-17-9-13-27-14-10-17)23-15-18-7-4-5-8-19(18)29(25,26)24(2)3/h4-5,7-8,17H,6,9-16H2,1-3H3,(H2,21,22,23). The molecule has 9 heteroatoms. The lowest BCUT2D eigenvalue weighted by Crippen LogP contribution is -2.38. The van der Waals surface area contributed by atoms with Crippen molar-refractivity contribution in [2.75, 3.05) is 54.1 Å². The van der Waals surface area contributed by atoms with E-state index in [2.05, 4.69) is 15.6 Å². The molecule has 0 amide bonds. The van der Waals surface area contributed by atoms with Crippen LogP contribution in [0.4, 0.5) is 0 Å². The van der Waals surface area contributed by atoms with Gasteiger partial charge >= 0.3 is 0 Å². The highest BCUT2D eigenvalue weighted by Gasteiger charge is 2.20. The highest BCUT2D eigenvalue weighted by atomic mass is 32.2. The van der Waals surface area contributed by atoms with Gasteiger partial charge in [-0.15, -0.1) is 0 Å². The topological polar surface area (TPSA) is 92.3 Å². The summed E-state index contributed by atoms with van der Waals surface area (Å²) in [5, 5.41) is 6.42. The Kier molecular flexibility index (Phi) is 9.86. The summed E-state index contributed by atoms with van der Waals surface area (Å²) in [6.45, 7) is 4.28. The first kappa shape index (κ1) is 23.6. The number of rotatable bonds is 10. The molecule has 29 heavy (non-hydrogen) atoms. The summed E-state index contributed by atoms with van der Waals surface area (Å²) in [7, 11) is 1.27. The molecule has 2 N–H and O–H groups in total. The number of nitrogens with one attached hydrogen (secondary N) is 2. The Balaban J connectivity index is 1.73. The van der Waals surface area contributed by atoms with E-state index in [0.717, 1.165) is 45.6 Å². The summed E-state index contributed by atoms with van der Waals surface area (Å²) >= 11 is 0. The highest BCUT2D eigenvalue weighted by Crippen LogP contribution is 2.18. The Morgan fingerprint density at radius 3 is 2.66 bits per heavy atom. The van der Waals surface area contributed by atoms with E-state index in [1.807, 2.05) is 6.07 Å². The third-order valence-electron chi connectivity index (χ3n) is 4.85. The molecule has 0 spiro atoms. The van der Waals surface area contributed by atoms with Crippen molar-refractivity contribution in [1.82, 2.24) is 14.9 Å². The number of benzene rings is 1. The van der Waals surface area contributed by atoms with Gasteiger partial charge in [0.05, 0.1) is 4.90 Å². The van der Waals surface area contributed by atoms with Crippen LogP contribution < -0.4 is 10.6 Å². The molecule has 0 aromatic heterocycles. The number of hydrogen-bond donors (Lipinski definition) is 2. The van der Waals surface area contributed by atoms with Crippen molar-refractivity contribution in [2.24, 2.45) is 10.9 Å². The van der Waals surface area contributed by atoms with Gasteiger partial charge in [0.2, 0.25) is 10.0 Å². The second-order valence-electron chi connectivity index (χ2n) is 7.23. The van der Waals surface area contributed by atoms with Crippen molar-refractivity contribution in [3.05, 3.63) is 29.8 Å². The first-order valence-corrected chi connectivity index (χ1v) is 11.5. The van der Waals surface area contributed by atoms with Gasteiger partial charge in [-0.2, -0.15) is 0 Å². The molecule has 1 heterocycles. The van der Waals surface area contributed by atoms with Crippen molar-refractivity contribution in [1.29, 1.82) is 0 Å². The third kappa shape index (κ3) is 7.58. The smallest absolute Gasteiger partial charge is 0.242 e. The van der Waals surface area contributed by atoms with Crippen LogP contribution >= 0.6 is 0 Å². The summed E-state index contributed by atoms with van der Waals surface area (Å²) < 4.78 is 37.3. The Morgan fingerprint density at radius 2 is 1.97 bits per heavy atom. The van der Waals surface area contributed by atoms with Crippen LogP contribution in [0.5, 0.6) is 0 Å². The van der Waals surface area contributed by atoms with Crippen LogP contribution in [0, 0.1) is 5.92 Å². The fourth-order valence-corrected chi connectivity index (χ4v) is 4.16. The average Bonchev–Trinajstić information content (AvgIpc) is 2.73. The predicted molar refractivity (Wildman–Crippen MR) is 114 cm³/mol. The lowest BCUT2D eigenvalue weighted by Gasteiger charge is -2.21. The van der Waals surface area contributed by atoms with E-state index >= 15 is 0 Å². The molecule has 0 aliphatic carbocycles. The molecule has 0 atom stereocenters. The molecule has 1 aliphatic heterocycles. The van der Waals surface area contributed by atoms with Crippen LogP contribution in [-0.4, -0.2) is 72.8 Å². The van der Waals surface area contributed by atoms with Gasteiger partial charge in [0.1, 0.15) is 0 Å². The van der Waals surface area contributed by atoms with Gasteiger partial charge in [0.25, 0.3) is 0 Å². The van der Waals surface area contributed by atoms with E-state index in [4.69, 9.17) is 9.47 Å². The molecule has 1 aromatic carbocycles. The average molecular weight is 427 g/mol. The zero-order valence-electron chi connectivity index (χ0n) is 17.7. The van der Waals surface area contributed by atoms with Gasteiger partial charge in [-0.05, 0) is 36.8 Å². The lowest BCUT2D eigenvalue weighted by atomic mass is 10.0. The predicted octanol–water partition coefficient (Wildman–Crippen LogP) is 1.44. The van der Waals surface area contributed by atoms with Crippen LogP contribution in [-0.2, 0) is 26.0 Å². The zero-order chi connectivity index (χ0) is 21.1. The third-order valence-corrected chi connectivity index (χ3v) is 6.77. The van der Waals surface area contributed by atoms with Crippen molar-refractivity contribution < 1.29 is 17.9 Å². The minimum absolute atomic E-state index is 0.300. The van der Waals surface area contributed by atoms with E-state index < -0.39 is 10.0 Å². The summed E-state index contributed by atoms with van der Waals surface area (Å²) in [4.78, 5) is 4.50. The monoisotopic (exact) mass is 426 g/mol. The maximum Gasteiger partial charge on any atom is 0.242 e. The van der Waals surface area contributed by atoms with Gasteiger partial charge in [0.15, 0.2) is 5.96 Å². The molecule has 2 rings (SSSR count). The summed E-state index contributed by atoms with van der Waals surface area (Å²) in [5.41, 5.74) is 0.698. The van der Waals surface area contributed by atoms with E-state index in [1.165, 1.54) is 18.4 Å². The Morgan fingerprint density at radius 1 is 1.24 bits per heavy atom. The minimum atomic E-state index is -3.49. The molecule has 1 aromatic rings. The van der Waals surface area contributed by atoms with E-state index in [-0.39, 0.29) is 0 Å². The molecule has 1 fully saturated rings. The van der Waals surface area contributed by atoms with Gasteiger partial charge in [0, 0.05) is 60.7 Å². The molecule has 1 aliphatic rings. The molecule has 0 radical (unpaired) electrons. The van der Waals surface area contributed by atoms with Crippen LogP contribution in [0.25, 0.3) is 0 Å². The quantitative estimate of drug-likeness (QED) is 0.334. The molecule has 1 saturated heterocycles. The van der Waals surface area contributed by atoms with E-state index in [9.17, 15) is 8.42 Å². The zero-order valence-corrected chi connectivity index (χ0v) is 18.5. The maximum atomic E-state index is 12.5. The molecule has 0 bridgehead atoms. The van der Waals surface area contributed by atoms with Crippen molar-refractivity contribution >= 4 is 16.0 Å². The molecule has 8 nitrogen and oxygen atoms in total. The van der Waals surface area contributed by atoms with Crippen LogP contribution in [0.2, 0.25) is 0 Å². The maximum absolute atomic E-state index is 12.5. The van der Waals surface area contributed by atoms with Crippen molar-refractivity contribution in [3.8, 4) is 0 Å². The fraction of sp³-hybridized carbons (Fsp3) is 0.650. The van der Waals surface area contributed by atoms with Gasteiger partial charge in [-0.1, -0.05) is 18.2 Å². The number of nitrogens with zero attached hydrogens (tertiary/aromatic N) is 2. The minimum Gasteiger partial charge on any atom is -0.381 e. The molecular formula is C20H34N4O4S.